The zero-order valence-corrected chi connectivity index (χ0v) is 10.2. The number of aryl methyl sites for hydroxylation is 1. The maximum Gasteiger partial charge on any atom is 0.123 e. The van der Waals surface area contributed by atoms with Gasteiger partial charge in [-0.3, -0.25) is 0 Å². The van der Waals surface area contributed by atoms with Gasteiger partial charge in [-0.2, -0.15) is 0 Å². The summed E-state index contributed by atoms with van der Waals surface area (Å²) in [7, 11) is 0. The lowest BCUT2D eigenvalue weighted by atomic mass is 10.2. The number of nitrogens with zero attached hydrogens (tertiary/aromatic N) is 2. The monoisotopic (exact) mass is 231 g/mol. The molecule has 0 atom stereocenters. The van der Waals surface area contributed by atoms with Crippen LogP contribution in [0.1, 0.15) is 19.2 Å². The minimum absolute atomic E-state index is 0.696. The summed E-state index contributed by atoms with van der Waals surface area (Å²) in [5.41, 5.74) is 7.55. The second kappa shape index (κ2) is 4.91. The second-order valence-electron chi connectivity index (χ2n) is 3.95. The van der Waals surface area contributed by atoms with Crippen LogP contribution < -0.4 is 10.5 Å². The molecule has 0 bridgehead atoms. The molecule has 4 nitrogen and oxygen atoms in total. The maximum atomic E-state index is 5.87. The number of nitrogen functional groups attached to an aromatic ring is 1. The molecular weight excluding hydrogens is 214 g/mol. The van der Waals surface area contributed by atoms with E-state index in [1.807, 2.05) is 35.9 Å². The molecule has 1 aromatic carbocycles. The number of rotatable bonds is 4. The Morgan fingerprint density at radius 1 is 1.35 bits per heavy atom. The summed E-state index contributed by atoms with van der Waals surface area (Å²) >= 11 is 0. The van der Waals surface area contributed by atoms with Crippen LogP contribution >= 0.6 is 0 Å². The third kappa shape index (κ3) is 2.58. The van der Waals surface area contributed by atoms with Crippen molar-refractivity contribution in [3.63, 3.8) is 0 Å². The molecule has 0 amide bonds. The molecule has 0 saturated carbocycles. The highest BCUT2D eigenvalue weighted by Gasteiger charge is 2.04. The largest absolute Gasteiger partial charge is 0.493 e. The van der Waals surface area contributed by atoms with Crippen LogP contribution in [0.3, 0.4) is 0 Å². The number of benzene rings is 1. The Bertz CT molecular complexity index is 505. The minimum Gasteiger partial charge on any atom is -0.493 e. The number of aromatic nitrogens is 2. The number of nitrogens with two attached hydrogens (primary N) is 1. The van der Waals surface area contributed by atoms with E-state index in [1.54, 1.807) is 6.20 Å². The quantitative estimate of drug-likeness (QED) is 0.823. The molecule has 0 spiro atoms. The molecule has 0 fully saturated rings. The number of anilines is 1. The summed E-state index contributed by atoms with van der Waals surface area (Å²) in [6, 6.07) is 5.72. The van der Waals surface area contributed by atoms with Crippen molar-refractivity contribution in [3.05, 3.63) is 36.4 Å². The molecular formula is C13H17N3O. The van der Waals surface area contributed by atoms with Crippen molar-refractivity contribution in [2.75, 3.05) is 12.3 Å². The van der Waals surface area contributed by atoms with Crippen molar-refractivity contribution in [3.8, 4) is 11.4 Å². The molecule has 2 aromatic rings. The Balaban J connectivity index is 2.35. The summed E-state index contributed by atoms with van der Waals surface area (Å²) < 4.78 is 7.58. The van der Waals surface area contributed by atoms with Gasteiger partial charge in [-0.15, -0.1) is 0 Å². The van der Waals surface area contributed by atoms with Crippen molar-refractivity contribution in [2.24, 2.45) is 0 Å². The predicted octanol–water partition coefficient (Wildman–Crippen LogP) is 2.55. The van der Waals surface area contributed by atoms with Gasteiger partial charge in [-0.1, -0.05) is 6.92 Å². The van der Waals surface area contributed by atoms with E-state index >= 15 is 0 Å². The molecule has 0 aliphatic rings. The van der Waals surface area contributed by atoms with Crippen LogP contribution in [0.5, 0.6) is 5.75 Å². The molecule has 0 unspecified atom stereocenters. The van der Waals surface area contributed by atoms with Gasteiger partial charge in [-0.25, -0.2) is 4.98 Å². The van der Waals surface area contributed by atoms with Crippen molar-refractivity contribution < 1.29 is 4.74 Å². The fourth-order valence-electron chi connectivity index (χ4n) is 1.70. The molecule has 0 aliphatic heterocycles. The van der Waals surface area contributed by atoms with Gasteiger partial charge in [0.15, 0.2) is 0 Å². The van der Waals surface area contributed by atoms with E-state index < -0.39 is 0 Å². The smallest absolute Gasteiger partial charge is 0.123 e. The van der Waals surface area contributed by atoms with E-state index in [4.69, 9.17) is 10.5 Å². The third-order valence-electron chi connectivity index (χ3n) is 2.49. The number of imidazole rings is 1. The molecule has 1 aromatic heterocycles. The Hall–Kier alpha value is -1.97. The van der Waals surface area contributed by atoms with Crippen molar-refractivity contribution in [1.29, 1.82) is 0 Å². The maximum absolute atomic E-state index is 5.87. The molecule has 17 heavy (non-hydrogen) atoms. The van der Waals surface area contributed by atoms with Gasteiger partial charge in [-0.05, 0) is 19.4 Å². The first-order valence-electron chi connectivity index (χ1n) is 5.74. The lowest BCUT2D eigenvalue weighted by Gasteiger charge is -2.10. The van der Waals surface area contributed by atoms with Gasteiger partial charge in [0, 0.05) is 30.2 Å². The highest BCUT2D eigenvalue weighted by atomic mass is 16.5. The van der Waals surface area contributed by atoms with E-state index in [-0.39, 0.29) is 0 Å². The zero-order chi connectivity index (χ0) is 12.3. The fraction of sp³-hybridized carbons (Fsp3) is 0.308. The summed E-state index contributed by atoms with van der Waals surface area (Å²) in [5.74, 6) is 1.73. The van der Waals surface area contributed by atoms with Gasteiger partial charge in [0.25, 0.3) is 0 Å². The normalized spacial score (nSPS) is 10.5. The van der Waals surface area contributed by atoms with E-state index in [0.717, 1.165) is 23.7 Å². The molecule has 0 aliphatic carbocycles. The van der Waals surface area contributed by atoms with Gasteiger partial charge in [0.05, 0.1) is 12.3 Å². The summed E-state index contributed by atoms with van der Waals surface area (Å²) in [4.78, 5) is 4.20. The Labute approximate surface area is 101 Å². The molecule has 2 rings (SSSR count). The second-order valence-corrected chi connectivity index (χ2v) is 3.95. The van der Waals surface area contributed by atoms with E-state index in [0.29, 0.717) is 12.3 Å². The third-order valence-corrected chi connectivity index (χ3v) is 2.49. The van der Waals surface area contributed by atoms with Crippen LogP contribution in [-0.2, 0) is 0 Å². The average Bonchev–Trinajstić information content (AvgIpc) is 2.72. The van der Waals surface area contributed by atoms with Crippen LogP contribution in [0.4, 0.5) is 5.69 Å². The first kappa shape index (κ1) is 11.5. The number of ether oxygens (including phenoxy) is 1. The van der Waals surface area contributed by atoms with Crippen LogP contribution in [0.15, 0.2) is 30.6 Å². The minimum atomic E-state index is 0.696. The van der Waals surface area contributed by atoms with Gasteiger partial charge in [0.2, 0.25) is 0 Å². The highest BCUT2D eigenvalue weighted by molar-refractivity contribution is 5.53. The molecule has 0 saturated heterocycles. The predicted molar refractivity (Wildman–Crippen MR) is 68.5 cm³/mol. The molecule has 4 heteroatoms. The standard InChI is InChI=1S/C13H17N3O/c1-3-6-17-13-8-11(14)7-12(9-13)16-5-4-15-10(16)2/h4-5,7-9H,3,6,14H2,1-2H3. The van der Waals surface area contributed by atoms with Crippen molar-refractivity contribution in [2.45, 2.75) is 20.3 Å². The van der Waals surface area contributed by atoms with Crippen LogP contribution in [0.2, 0.25) is 0 Å². The SMILES string of the molecule is CCCOc1cc(N)cc(-n2ccnc2C)c1. The Kier molecular flexibility index (Phi) is 3.32. The fourth-order valence-corrected chi connectivity index (χ4v) is 1.70. The summed E-state index contributed by atoms with van der Waals surface area (Å²) in [6.07, 6.45) is 4.66. The van der Waals surface area contributed by atoms with Crippen LogP contribution in [0, 0.1) is 6.92 Å². The summed E-state index contributed by atoms with van der Waals surface area (Å²) in [5, 5.41) is 0. The lowest BCUT2D eigenvalue weighted by Crippen LogP contribution is -2.00. The number of hydrogen-bond donors (Lipinski definition) is 1. The molecule has 1 heterocycles. The van der Waals surface area contributed by atoms with Crippen LogP contribution in [0.25, 0.3) is 5.69 Å². The highest BCUT2D eigenvalue weighted by Crippen LogP contribution is 2.22. The van der Waals surface area contributed by atoms with Gasteiger partial charge < -0.3 is 15.0 Å². The summed E-state index contributed by atoms with van der Waals surface area (Å²) in [6.45, 7) is 4.73. The molecule has 90 valence electrons. The molecule has 0 radical (unpaired) electrons. The Morgan fingerprint density at radius 2 is 2.18 bits per heavy atom. The van der Waals surface area contributed by atoms with Crippen molar-refractivity contribution >= 4 is 5.69 Å². The van der Waals surface area contributed by atoms with Gasteiger partial charge in [0.1, 0.15) is 11.6 Å². The van der Waals surface area contributed by atoms with E-state index in [2.05, 4.69) is 11.9 Å². The van der Waals surface area contributed by atoms with Crippen LogP contribution in [-0.4, -0.2) is 16.2 Å². The zero-order valence-electron chi connectivity index (χ0n) is 10.2. The molecule has 2 N–H and O–H groups in total. The number of hydrogen-bond acceptors (Lipinski definition) is 3. The first-order valence-corrected chi connectivity index (χ1v) is 5.74. The average molecular weight is 231 g/mol. The van der Waals surface area contributed by atoms with Crippen molar-refractivity contribution in [1.82, 2.24) is 9.55 Å². The van der Waals surface area contributed by atoms with Gasteiger partial charge >= 0.3 is 0 Å². The van der Waals surface area contributed by atoms with E-state index in [1.165, 1.54) is 0 Å². The first-order chi connectivity index (χ1) is 8.20. The van der Waals surface area contributed by atoms with E-state index in [9.17, 15) is 0 Å². The topological polar surface area (TPSA) is 53.1 Å². The lowest BCUT2D eigenvalue weighted by molar-refractivity contribution is 0.317. The Morgan fingerprint density at radius 3 is 2.82 bits per heavy atom.